The van der Waals surface area contributed by atoms with Gasteiger partial charge in [-0.3, -0.25) is 4.79 Å². The smallest absolute Gasteiger partial charge is 0.279 e. The molecule has 4 rings (SSSR count). The highest BCUT2D eigenvalue weighted by atomic mass is 32.1. The predicted octanol–water partition coefficient (Wildman–Crippen LogP) is 2.37. The number of anilines is 2. The van der Waals surface area contributed by atoms with E-state index in [1.54, 1.807) is 0 Å². The van der Waals surface area contributed by atoms with Crippen molar-refractivity contribution < 1.29 is 23.1 Å². The number of halogens is 3. The molecule has 0 unspecified atom stereocenters. The highest BCUT2D eigenvalue weighted by Crippen LogP contribution is 2.35. The second-order valence-corrected chi connectivity index (χ2v) is 6.35. The Labute approximate surface area is 147 Å². The van der Waals surface area contributed by atoms with Gasteiger partial charge < -0.3 is 10.4 Å². The van der Waals surface area contributed by atoms with E-state index < -0.39 is 29.2 Å². The van der Waals surface area contributed by atoms with Crippen LogP contribution in [0, 0.1) is 17.5 Å². The van der Waals surface area contributed by atoms with Gasteiger partial charge >= 0.3 is 0 Å². The molecule has 3 aromatic rings. The molecule has 0 fully saturated rings. The molecule has 0 aliphatic carbocycles. The number of rotatable bonds is 3. The number of carbonyl (C=O) groups is 1. The van der Waals surface area contributed by atoms with E-state index in [1.807, 2.05) is 0 Å². The van der Waals surface area contributed by atoms with Gasteiger partial charge in [0.05, 0.1) is 16.6 Å². The van der Waals surface area contributed by atoms with E-state index in [0.29, 0.717) is 0 Å². The first-order chi connectivity index (χ1) is 12.4. The van der Waals surface area contributed by atoms with Gasteiger partial charge in [0, 0.05) is 5.22 Å². The fourth-order valence-corrected chi connectivity index (χ4v) is 3.47. The lowest BCUT2D eigenvalue weighted by molar-refractivity contribution is -0.112. The van der Waals surface area contributed by atoms with Crippen molar-refractivity contribution in [2.24, 2.45) is 4.99 Å². The van der Waals surface area contributed by atoms with Crippen LogP contribution in [-0.2, 0) is 4.79 Å². The SMILES string of the molecule is O=C1N=c2ccc(F)cc2=C1c1sc(Nc2cccc(F)c2F)nc1O. The summed E-state index contributed by atoms with van der Waals surface area (Å²) in [5.41, 5.74) is -0.175. The molecular formula is C17H8F3N3O2S. The van der Waals surface area contributed by atoms with E-state index in [0.717, 1.165) is 23.5 Å². The summed E-state index contributed by atoms with van der Waals surface area (Å²) in [6.07, 6.45) is 0. The van der Waals surface area contributed by atoms with Crippen molar-refractivity contribution in [2.75, 3.05) is 5.32 Å². The average molecular weight is 375 g/mol. The first-order valence-electron chi connectivity index (χ1n) is 7.28. The number of fused-ring (bicyclic) bond motifs is 1. The van der Waals surface area contributed by atoms with E-state index >= 15 is 0 Å². The van der Waals surface area contributed by atoms with Crippen molar-refractivity contribution in [2.45, 2.75) is 0 Å². The first-order valence-corrected chi connectivity index (χ1v) is 8.10. The average Bonchev–Trinajstić information content (AvgIpc) is 3.10. The molecule has 1 aliphatic heterocycles. The number of thiazole rings is 1. The number of amides is 1. The molecule has 2 N–H and O–H groups in total. The van der Waals surface area contributed by atoms with E-state index in [9.17, 15) is 23.1 Å². The highest BCUT2D eigenvalue weighted by Gasteiger charge is 2.25. The standard InChI is InChI=1S/C17H8F3N3O2S/c18-7-4-5-10-8(6-7)12(15(24)21-10)14-16(25)23-17(26-14)22-11-3-1-2-9(19)13(11)20/h1-6,25H,(H,22,23). The monoisotopic (exact) mass is 375 g/mol. The molecule has 0 radical (unpaired) electrons. The molecule has 26 heavy (non-hydrogen) atoms. The minimum absolute atomic E-state index is 0.00210. The lowest BCUT2D eigenvalue weighted by Gasteiger charge is -2.03. The molecule has 0 bridgehead atoms. The van der Waals surface area contributed by atoms with Gasteiger partial charge in [0.2, 0.25) is 5.88 Å². The molecule has 9 heteroatoms. The number of nitrogens with one attached hydrogen (secondary N) is 1. The van der Waals surface area contributed by atoms with E-state index in [1.165, 1.54) is 24.3 Å². The van der Waals surface area contributed by atoms with Crippen LogP contribution in [0.2, 0.25) is 0 Å². The minimum Gasteiger partial charge on any atom is -0.492 e. The zero-order valence-corrected chi connectivity index (χ0v) is 13.6. The van der Waals surface area contributed by atoms with Crippen molar-refractivity contribution in [1.82, 2.24) is 4.98 Å². The Morgan fingerprint density at radius 2 is 1.92 bits per heavy atom. The molecule has 0 spiro atoms. The Bertz CT molecular complexity index is 1190. The van der Waals surface area contributed by atoms with Crippen molar-refractivity contribution in [3.8, 4) is 5.88 Å². The lowest BCUT2D eigenvalue weighted by Crippen LogP contribution is -2.23. The van der Waals surface area contributed by atoms with Crippen LogP contribution in [0.4, 0.5) is 24.0 Å². The molecule has 5 nitrogen and oxygen atoms in total. The summed E-state index contributed by atoms with van der Waals surface area (Å²) in [6.45, 7) is 0. The maximum Gasteiger partial charge on any atom is 0.279 e. The second-order valence-electron chi connectivity index (χ2n) is 5.35. The zero-order chi connectivity index (χ0) is 18.4. The van der Waals surface area contributed by atoms with Crippen molar-refractivity contribution in [3.05, 3.63) is 69.3 Å². The fraction of sp³-hybridized carbons (Fsp3) is 0. The first kappa shape index (κ1) is 16.3. The van der Waals surface area contributed by atoms with Crippen LogP contribution >= 0.6 is 11.3 Å². The molecule has 1 aromatic heterocycles. The summed E-state index contributed by atoms with van der Waals surface area (Å²) in [6, 6.07) is 7.23. The van der Waals surface area contributed by atoms with Crippen LogP contribution in [0.5, 0.6) is 5.88 Å². The Morgan fingerprint density at radius 3 is 2.73 bits per heavy atom. The van der Waals surface area contributed by atoms with Crippen molar-refractivity contribution >= 4 is 33.6 Å². The van der Waals surface area contributed by atoms with Gasteiger partial charge in [0.1, 0.15) is 10.7 Å². The number of benzene rings is 2. The van der Waals surface area contributed by atoms with Gasteiger partial charge in [0.25, 0.3) is 5.91 Å². The number of hydrogen-bond donors (Lipinski definition) is 2. The Balaban J connectivity index is 1.81. The van der Waals surface area contributed by atoms with Crippen molar-refractivity contribution in [3.63, 3.8) is 0 Å². The van der Waals surface area contributed by atoms with E-state index in [4.69, 9.17) is 0 Å². The predicted molar refractivity (Wildman–Crippen MR) is 88.1 cm³/mol. The van der Waals surface area contributed by atoms with Crippen LogP contribution in [-0.4, -0.2) is 16.0 Å². The van der Waals surface area contributed by atoms with Gasteiger partial charge in [0.15, 0.2) is 16.8 Å². The minimum atomic E-state index is -1.10. The molecule has 2 aromatic carbocycles. The number of hydrogen-bond acceptors (Lipinski definition) is 5. The molecular weight excluding hydrogens is 367 g/mol. The third kappa shape index (κ3) is 2.62. The third-order valence-corrected chi connectivity index (χ3v) is 4.67. The second kappa shape index (κ2) is 5.95. The normalized spacial score (nSPS) is 12.9. The molecule has 1 amide bonds. The summed E-state index contributed by atoms with van der Waals surface area (Å²) in [7, 11) is 0. The Hall–Kier alpha value is -3.20. The number of aromatic nitrogens is 1. The van der Waals surface area contributed by atoms with E-state index in [2.05, 4.69) is 15.3 Å². The van der Waals surface area contributed by atoms with Crippen LogP contribution in [0.1, 0.15) is 4.88 Å². The van der Waals surface area contributed by atoms with E-state index in [-0.39, 0.29) is 31.8 Å². The van der Waals surface area contributed by atoms with Crippen LogP contribution in [0.3, 0.4) is 0 Å². The van der Waals surface area contributed by atoms with Crippen LogP contribution in [0.15, 0.2) is 41.4 Å². The molecule has 0 atom stereocenters. The zero-order valence-electron chi connectivity index (χ0n) is 12.8. The maximum absolute atomic E-state index is 13.8. The van der Waals surface area contributed by atoms with Crippen LogP contribution in [0.25, 0.3) is 5.57 Å². The molecule has 1 aliphatic rings. The number of aromatic hydroxyl groups is 1. The van der Waals surface area contributed by atoms with Crippen LogP contribution < -0.4 is 15.9 Å². The quantitative estimate of drug-likeness (QED) is 0.737. The number of carbonyl (C=O) groups excluding carboxylic acids is 1. The van der Waals surface area contributed by atoms with Gasteiger partial charge in [-0.15, -0.1) is 0 Å². The molecule has 0 saturated carbocycles. The molecule has 130 valence electrons. The largest absolute Gasteiger partial charge is 0.492 e. The summed E-state index contributed by atoms with van der Waals surface area (Å²) in [5.74, 6) is -3.84. The number of nitrogens with zero attached hydrogens (tertiary/aromatic N) is 2. The summed E-state index contributed by atoms with van der Waals surface area (Å²) in [5, 5.41) is 13.2. The maximum atomic E-state index is 13.8. The topological polar surface area (TPSA) is 74.6 Å². The fourth-order valence-electron chi connectivity index (χ4n) is 2.55. The molecule has 2 heterocycles. The van der Waals surface area contributed by atoms with Gasteiger partial charge in [-0.2, -0.15) is 4.98 Å². The van der Waals surface area contributed by atoms with Gasteiger partial charge in [-0.1, -0.05) is 17.4 Å². The van der Waals surface area contributed by atoms with Crippen molar-refractivity contribution in [1.29, 1.82) is 0 Å². The third-order valence-electron chi connectivity index (χ3n) is 3.69. The summed E-state index contributed by atoms with van der Waals surface area (Å²) in [4.78, 5) is 19.9. The highest BCUT2D eigenvalue weighted by molar-refractivity contribution is 7.17. The summed E-state index contributed by atoms with van der Waals surface area (Å²) >= 11 is 0.838. The van der Waals surface area contributed by atoms with Gasteiger partial charge in [-0.25, -0.2) is 18.2 Å². The molecule has 0 saturated heterocycles. The summed E-state index contributed by atoms with van der Waals surface area (Å²) < 4.78 is 40.6. The Kier molecular flexibility index (Phi) is 3.73. The lowest BCUT2D eigenvalue weighted by atomic mass is 10.1. The Morgan fingerprint density at radius 1 is 1.12 bits per heavy atom. The van der Waals surface area contributed by atoms with Gasteiger partial charge in [-0.05, 0) is 30.3 Å².